The minimum absolute atomic E-state index is 0.0252. The Morgan fingerprint density at radius 3 is 1.60 bits per heavy atom. The Morgan fingerprint density at radius 2 is 1.30 bits per heavy atom. The van der Waals surface area contributed by atoms with Gasteiger partial charge in [0, 0.05) is 24.3 Å². The summed E-state index contributed by atoms with van der Waals surface area (Å²) in [5.41, 5.74) is 0. The van der Waals surface area contributed by atoms with Crippen LogP contribution in [0.1, 0.15) is 6.92 Å². The van der Waals surface area contributed by atoms with Crippen LogP contribution in [-0.2, 0) is 28.7 Å². The van der Waals surface area contributed by atoms with Gasteiger partial charge < -0.3 is 4.74 Å². The van der Waals surface area contributed by atoms with Crippen molar-refractivity contribution < 1.29 is 28.7 Å². The van der Waals surface area contributed by atoms with Crippen molar-refractivity contribution >= 4 is 29.6 Å². The standard InChI is InChI=1S/C12H10N2O6/c1-2-20-12(19)11(13-7(15)3-4-8(13)16)14-9(17)5-6-10(14)18/h3-6,11H,2H2,1H3. The number of imide groups is 2. The summed E-state index contributed by atoms with van der Waals surface area (Å²) in [5, 5.41) is 0. The second-order valence-electron chi connectivity index (χ2n) is 3.89. The molecule has 0 fully saturated rings. The average molecular weight is 278 g/mol. The fraction of sp³-hybridized carbons (Fsp3) is 0.250. The molecule has 4 amide bonds. The maximum Gasteiger partial charge on any atom is 0.351 e. The van der Waals surface area contributed by atoms with E-state index in [2.05, 4.69) is 0 Å². The molecule has 8 heteroatoms. The van der Waals surface area contributed by atoms with E-state index in [0.717, 1.165) is 24.3 Å². The highest BCUT2D eigenvalue weighted by atomic mass is 16.5. The molecule has 0 aromatic heterocycles. The molecule has 0 bridgehead atoms. The van der Waals surface area contributed by atoms with E-state index < -0.39 is 35.8 Å². The molecule has 0 aromatic rings. The van der Waals surface area contributed by atoms with Crippen LogP contribution in [0.15, 0.2) is 24.3 Å². The summed E-state index contributed by atoms with van der Waals surface area (Å²) in [6.07, 6.45) is 2.08. The average Bonchev–Trinajstić information content (AvgIpc) is 2.89. The maximum absolute atomic E-state index is 11.9. The quantitative estimate of drug-likeness (QED) is 0.469. The summed E-state index contributed by atoms with van der Waals surface area (Å²) in [5.74, 6) is -4.19. The molecule has 2 aliphatic heterocycles. The van der Waals surface area contributed by atoms with Crippen LogP contribution < -0.4 is 0 Å². The van der Waals surface area contributed by atoms with Crippen molar-refractivity contribution in [1.82, 2.24) is 9.80 Å². The van der Waals surface area contributed by atoms with E-state index in [0.29, 0.717) is 9.80 Å². The maximum atomic E-state index is 11.9. The van der Waals surface area contributed by atoms with Crippen molar-refractivity contribution in [3.8, 4) is 0 Å². The molecule has 0 atom stereocenters. The largest absolute Gasteiger partial charge is 0.463 e. The first-order valence-electron chi connectivity index (χ1n) is 5.74. The van der Waals surface area contributed by atoms with Gasteiger partial charge >= 0.3 is 5.97 Å². The van der Waals surface area contributed by atoms with E-state index in [1.165, 1.54) is 6.92 Å². The molecule has 104 valence electrons. The first-order chi connectivity index (χ1) is 9.47. The number of nitrogens with zero attached hydrogens (tertiary/aromatic N) is 2. The van der Waals surface area contributed by atoms with Gasteiger partial charge in [-0.3, -0.25) is 19.2 Å². The number of amides is 4. The normalized spacial score (nSPS) is 17.9. The summed E-state index contributed by atoms with van der Waals surface area (Å²) in [6, 6.07) is 0. The lowest BCUT2D eigenvalue weighted by Crippen LogP contribution is -2.57. The summed E-state index contributed by atoms with van der Waals surface area (Å²) in [6.45, 7) is 1.50. The summed E-state index contributed by atoms with van der Waals surface area (Å²) in [7, 11) is 0. The summed E-state index contributed by atoms with van der Waals surface area (Å²) >= 11 is 0. The first-order valence-corrected chi connectivity index (χ1v) is 5.74. The fourth-order valence-electron chi connectivity index (χ4n) is 1.85. The lowest BCUT2D eigenvalue weighted by molar-refractivity contribution is -0.170. The van der Waals surface area contributed by atoms with Crippen LogP contribution in [0.4, 0.5) is 0 Å². The lowest BCUT2D eigenvalue weighted by atomic mass is 10.3. The van der Waals surface area contributed by atoms with Crippen molar-refractivity contribution in [3.05, 3.63) is 24.3 Å². The third-order valence-electron chi connectivity index (χ3n) is 2.67. The van der Waals surface area contributed by atoms with E-state index in [9.17, 15) is 24.0 Å². The van der Waals surface area contributed by atoms with E-state index in [1.54, 1.807) is 0 Å². The second-order valence-corrected chi connectivity index (χ2v) is 3.89. The molecule has 0 saturated heterocycles. The van der Waals surface area contributed by atoms with Crippen LogP contribution in [0.25, 0.3) is 0 Å². The smallest absolute Gasteiger partial charge is 0.351 e. The number of carbonyl (C=O) groups is 5. The van der Waals surface area contributed by atoms with E-state index in [1.807, 2.05) is 0 Å². The molecule has 2 heterocycles. The van der Waals surface area contributed by atoms with Gasteiger partial charge in [-0.25, -0.2) is 14.6 Å². The highest BCUT2D eigenvalue weighted by Crippen LogP contribution is 2.18. The minimum atomic E-state index is -1.72. The second kappa shape index (κ2) is 5.08. The molecule has 0 radical (unpaired) electrons. The first kappa shape index (κ1) is 13.7. The molecule has 0 spiro atoms. The van der Waals surface area contributed by atoms with Crippen molar-refractivity contribution in [1.29, 1.82) is 0 Å². The molecular formula is C12H10N2O6. The van der Waals surface area contributed by atoms with Gasteiger partial charge in [0.15, 0.2) is 0 Å². The van der Waals surface area contributed by atoms with Crippen LogP contribution >= 0.6 is 0 Å². The van der Waals surface area contributed by atoms with Crippen LogP contribution in [0.2, 0.25) is 0 Å². The molecule has 8 nitrogen and oxygen atoms in total. The summed E-state index contributed by atoms with van der Waals surface area (Å²) < 4.78 is 4.74. The highest BCUT2D eigenvalue weighted by Gasteiger charge is 2.46. The van der Waals surface area contributed by atoms with Crippen LogP contribution in [-0.4, -0.2) is 52.2 Å². The SMILES string of the molecule is CCOC(=O)C(N1C(=O)C=CC1=O)N1C(=O)C=CC1=O. The van der Waals surface area contributed by atoms with Gasteiger partial charge in [0.1, 0.15) is 0 Å². The minimum Gasteiger partial charge on any atom is -0.463 e. The van der Waals surface area contributed by atoms with Crippen LogP contribution in [0.3, 0.4) is 0 Å². The predicted octanol–water partition coefficient (Wildman–Crippen LogP) is -1.27. The predicted molar refractivity (Wildman–Crippen MR) is 62.4 cm³/mol. The zero-order chi connectivity index (χ0) is 14.9. The number of hydrogen-bond donors (Lipinski definition) is 0. The molecule has 2 aliphatic rings. The van der Waals surface area contributed by atoms with Gasteiger partial charge in [-0.1, -0.05) is 0 Å². The van der Waals surface area contributed by atoms with Gasteiger partial charge in [-0.2, -0.15) is 0 Å². The van der Waals surface area contributed by atoms with Gasteiger partial charge in [0.25, 0.3) is 23.6 Å². The van der Waals surface area contributed by atoms with E-state index >= 15 is 0 Å². The molecule has 0 N–H and O–H groups in total. The fourth-order valence-corrected chi connectivity index (χ4v) is 1.85. The monoisotopic (exact) mass is 278 g/mol. The Hall–Kier alpha value is -2.77. The zero-order valence-corrected chi connectivity index (χ0v) is 10.4. The van der Waals surface area contributed by atoms with Crippen molar-refractivity contribution in [3.63, 3.8) is 0 Å². The number of esters is 1. The van der Waals surface area contributed by atoms with E-state index in [-0.39, 0.29) is 6.61 Å². The van der Waals surface area contributed by atoms with Gasteiger partial charge in [-0.05, 0) is 6.92 Å². The Bertz CT molecular complexity index is 498. The Morgan fingerprint density at radius 1 is 0.950 bits per heavy atom. The molecular weight excluding hydrogens is 268 g/mol. The van der Waals surface area contributed by atoms with Crippen LogP contribution in [0, 0.1) is 0 Å². The Labute approximate surface area is 113 Å². The van der Waals surface area contributed by atoms with Crippen molar-refractivity contribution in [2.75, 3.05) is 6.61 Å². The third kappa shape index (κ3) is 2.11. The Kier molecular flexibility index (Phi) is 3.47. The Balaban J connectivity index is 2.38. The zero-order valence-electron chi connectivity index (χ0n) is 10.4. The molecule has 2 rings (SSSR count). The number of carbonyl (C=O) groups excluding carboxylic acids is 5. The van der Waals surface area contributed by atoms with Crippen LogP contribution in [0.5, 0.6) is 0 Å². The highest BCUT2D eigenvalue weighted by molar-refractivity contribution is 6.19. The van der Waals surface area contributed by atoms with Crippen molar-refractivity contribution in [2.45, 2.75) is 13.1 Å². The molecule has 20 heavy (non-hydrogen) atoms. The van der Waals surface area contributed by atoms with Gasteiger partial charge in [-0.15, -0.1) is 0 Å². The molecule has 0 unspecified atom stereocenters. The number of hydrogen-bond acceptors (Lipinski definition) is 6. The third-order valence-corrected chi connectivity index (χ3v) is 2.67. The van der Waals surface area contributed by atoms with E-state index in [4.69, 9.17) is 4.74 Å². The molecule has 0 aliphatic carbocycles. The van der Waals surface area contributed by atoms with Gasteiger partial charge in [0.05, 0.1) is 6.61 Å². The number of rotatable bonds is 4. The topological polar surface area (TPSA) is 101 Å². The van der Waals surface area contributed by atoms with Crippen molar-refractivity contribution in [2.24, 2.45) is 0 Å². The lowest BCUT2D eigenvalue weighted by Gasteiger charge is -2.30. The summed E-state index contributed by atoms with van der Waals surface area (Å²) in [4.78, 5) is 59.5. The number of ether oxygens (including phenoxy) is 1. The van der Waals surface area contributed by atoms with Gasteiger partial charge in [0.2, 0.25) is 6.17 Å². The molecule has 0 saturated carbocycles. The molecule has 0 aromatic carbocycles.